The van der Waals surface area contributed by atoms with E-state index in [2.05, 4.69) is 15.1 Å². The van der Waals surface area contributed by atoms with E-state index in [9.17, 15) is 14.7 Å². The second kappa shape index (κ2) is 8.99. The zero-order chi connectivity index (χ0) is 24.6. The molecule has 1 aromatic carbocycles. The molecule has 6 rings (SSSR count). The van der Waals surface area contributed by atoms with Gasteiger partial charge < -0.3 is 19.7 Å². The molecule has 0 atom stereocenters. The molecule has 11 heteroatoms. The Morgan fingerprint density at radius 2 is 2.06 bits per heavy atom. The van der Waals surface area contributed by atoms with Crippen molar-refractivity contribution in [3.63, 3.8) is 0 Å². The Morgan fingerprint density at radius 3 is 2.81 bits per heavy atom. The van der Waals surface area contributed by atoms with Crippen LogP contribution < -0.4 is 21.1 Å². The number of carbonyl (C=O) groups is 1. The summed E-state index contributed by atoms with van der Waals surface area (Å²) in [6.45, 7) is 1.58. The number of nitrogens with one attached hydrogen (secondary N) is 2. The lowest BCUT2D eigenvalue weighted by Gasteiger charge is -2.15. The number of imidazole rings is 1. The lowest BCUT2D eigenvalue weighted by Crippen LogP contribution is -2.32. The molecule has 4 heterocycles. The van der Waals surface area contributed by atoms with E-state index in [1.807, 2.05) is 35.2 Å². The molecular weight excluding hydrogens is 462 g/mol. The summed E-state index contributed by atoms with van der Waals surface area (Å²) < 4.78 is 7.46. The van der Waals surface area contributed by atoms with Gasteiger partial charge in [0.05, 0.1) is 17.9 Å². The number of likely N-dealkylation sites (tertiary alicyclic amines) is 1. The van der Waals surface area contributed by atoms with Crippen LogP contribution in [0.1, 0.15) is 31.4 Å². The molecule has 0 radical (unpaired) electrons. The lowest BCUT2D eigenvalue weighted by atomic mass is 10.1. The smallest absolute Gasteiger partial charge is 0.326 e. The minimum absolute atomic E-state index is 0.00172. The minimum Gasteiger partial charge on any atom is -0.493 e. The number of fused-ring (bicyclic) bond motifs is 1. The van der Waals surface area contributed by atoms with Gasteiger partial charge in [0.2, 0.25) is 5.88 Å². The highest BCUT2D eigenvalue weighted by molar-refractivity contribution is 5.78. The van der Waals surface area contributed by atoms with Gasteiger partial charge in [-0.15, -0.1) is 0 Å². The van der Waals surface area contributed by atoms with Crippen LogP contribution in [-0.4, -0.2) is 66.2 Å². The van der Waals surface area contributed by atoms with Gasteiger partial charge in [-0.3, -0.25) is 14.8 Å². The highest BCUT2D eigenvalue weighted by Crippen LogP contribution is 2.24. The van der Waals surface area contributed by atoms with Crippen molar-refractivity contribution in [2.45, 2.75) is 31.7 Å². The van der Waals surface area contributed by atoms with Gasteiger partial charge in [-0.25, -0.2) is 9.78 Å². The molecule has 4 aromatic rings. The van der Waals surface area contributed by atoms with E-state index in [4.69, 9.17) is 14.7 Å². The maximum absolute atomic E-state index is 12.4. The maximum Gasteiger partial charge on any atom is 0.326 e. The summed E-state index contributed by atoms with van der Waals surface area (Å²) in [4.78, 5) is 40.2. The molecule has 0 unspecified atom stereocenters. The van der Waals surface area contributed by atoms with Gasteiger partial charge in [0.25, 0.3) is 5.91 Å². The molecule has 36 heavy (non-hydrogen) atoms. The monoisotopic (exact) mass is 487 g/mol. The quantitative estimate of drug-likeness (QED) is 0.366. The third-order valence-corrected chi connectivity index (χ3v) is 6.33. The zero-order valence-corrected chi connectivity index (χ0v) is 19.5. The summed E-state index contributed by atoms with van der Waals surface area (Å²) >= 11 is 0. The molecule has 1 saturated heterocycles. The van der Waals surface area contributed by atoms with Gasteiger partial charge in [0, 0.05) is 29.9 Å². The number of rotatable bonds is 6. The number of nitrogens with zero attached hydrogens (tertiary/aromatic N) is 5. The van der Waals surface area contributed by atoms with Crippen molar-refractivity contribution >= 4 is 17.6 Å². The number of aromatic nitrogens is 5. The van der Waals surface area contributed by atoms with E-state index in [0.717, 1.165) is 44.3 Å². The van der Waals surface area contributed by atoms with Crippen molar-refractivity contribution in [3.05, 3.63) is 63.4 Å². The van der Waals surface area contributed by atoms with E-state index in [-0.39, 0.29) is 30.1 Å². The molecule has 0 spiro atoms. The molecule has 184 valence electrons. The Labute approximate surface area is 204 Å². The molecule has 0 bridgehead atoms. The third-order valence-electron chi connectivity index (χ3n) is 6.33. The summed E-state index contributed by atoms with van der Waals surface area (Å²) in [6, 6.07) is 9.59. The number of ether oxygens (including phenoxy) is 1. The van der Waals surface area contributed by atoms with Crippen LogP contribution in [-0.2, 0) is 4.79 Å². The van der Waals surface area contributed by atoms with E-state index < -0.39 is 5.69 Å². The highest BCUT2D eigenvalue weighted by Gasteiger charge is 2.21. The number of hydrogen-bond acceptors (Lipinski definition) is 7. The van der Waals surface area contributed by atoms with Gasteiger partial charge in [-0.05, 0) is 43.9 Å². The van der Waals surface area contributed by atoms with Gasteiger partial charge in [0.1, 0.15) is 11.4 Å². The van der Waals surface area contributed by atoms with Crippen molar-refractivity contribution < 1.29 is 14.6 Å². The fraction of sp³-hybridized carbons (Fsp3) is 0.320. The zero-order valence-electron chi connectivity index (χ0n) is 19.5. The first kappa shape index (κ1) is 22.1. The average Bonchev–Trinajstić information content (AvgIpc) is 3.23. The van der Waals surface area contributed by atoms with Crippen LogP contribution in [0.5, 0.6) is 11.6 Å². The summed E-state index contributed by atoms with van der Waals surface area (Å²) in [7, 11) is 0. The van der Waals surface area contributed by atoms with Crippen LogP contribution >= 0.6 is 0 Å². The largest absolute Gasteiger partial charge is 0.493 e. The van der Waals surface area contributed by atoms with Crippen LogP contribution in [0.3, 0.4) is 0 Å². The highest BCUT2D eigenvalue weighted by atomic mass is 16.5. The molecule has 3 aromatic heterocycles. The number of benzene rings is 1. The predicted octanol–water partition coefficient (Wildman–Crippen LogP) is 0.730. The average molecular weight is 488 g/mol. The number of amides is 1. The number of carbonyl (C=O) groups excluding carboxylic acids is 1. The van der Waals surface area contributed by atoms with E-state index in [1.165, 1.54) is 0 Å². The molecule has 2 fully saturated rings. The van der Waals surface area contributed by atoms with Crippen molar-refractivity contribution in [3.8, 4) is 22.9 Å². The minimum atomic E-state index is -0.506. The van der Waals surface area contributed by atoms with Gasteiger partial charge in [-0.2, -0.15) is 9.61 Å². The van der Waals surface area contributed by atoms with E-state index in [1.54, 1.807) is 16.8 Å². The van der Waals surface area contributed by atoms with Crippen LogP contribution in [0.25, 0.3) is 23.0 Å². The van der Waals surface area contributed by atoms with E-state index in [0.29, 0.717) is 27.8 Å². The normalized spacial score (nSPS) is 16.8. The fourth-order valence-corrected chi connectivity index (χ4v) is 4.29. The van der Waals surface area contributed by atoms with Gasteiger partial charge >= 0.3 is 5.69 Å². The van der Waals surface area contributed by atoms with Crippen LogP contribution in [0.15, 0.2) is 46.3 Å². The predicted molar refractivity (Wildman–Crippen MR) is 130 cm³/mol. The Balaban J connectivity index is 1.38. The van der Waals surface area contributed by atoms with Crippen molar-refractivity contribution in [2.75, 3.05) is 19.7 Å². The Morgan fingerprint density at radius 1 is 1.22 bits per heavy atom. The number of aromatic amines is 2. The molecular formula is C25H25N7O4. The number of H-pyrrole nitrogens is 2. The molecule has 1 aliphatic heterocycles. The first-order chi connectivity index (χ1) is 17.5. The first-order valence-electron chi connectivity index (χ1n) is 12.0. The van der Waals surface area contributed by atoms with Gasteiger partial charge in [-0.1, -0.05) is 12.1 Å². The van der Waals surface area contributed by atoms with Crippen molar-refractivity contribution in [1.29, 1.82) is 0 Å². The maximum atomic E-state index is 12.4. The molecule has 1 aliphatic carbocycles. The van der Waals surface area contributed by atoms with Gasteiger partial charge in [0.15, 0.2) is 17.7 Å². The summed E-state index contributed by atoms with van der Waals surface area (Å²) in [6.07, 6.45) is 7.37. The fourth-order valence-electron chi connectivity index (χ4n) is 4.29. The van der Waals surface area contributed by atoms with Crippen molar-refractivity contribution in [1.82, 2.24) is 29.5 Å². The second-order valence-electron chi connectivity index (χ2n) is 9.09. The summed E-state index contributed by atoms with van der Waals surface area (Å²) in [5.74, 6) is 0.317. The van der Waals surface area contributed by atoms with Crippen LogP contribution in [0.2, 0.25) is 0 Å². The second-order valence-corrected chi connectivity index (χ2v) is 9.09. The molecule has 2 aliphatic rings. The summed E-state index contributed by atoms with van der Waals surface area (Å²) in [5.41, 5.74) is 2.40. The van der Waals surface area contributed by atoms with Crippen LogP contribution in [0.4, 0.5) is 0 Å². The Kier molecular flexibility index (Phi) is 5.51. The van der Waals surface area contributed by atoms with Crippen molar-refractivity contribution in [2.24, 2.45) is 4.99 Å². The summed E-state index contributed by atoms with van der Waals surface area (Å²) in [5, 5.41) is 15.0. The van der Waals surface area contributed by atoms with Crippen LogP contribution in [0, 0.1) is 0 Å². The number of hydrogen-bond donors (Lipinski definition) is 3. The first-order valence-corrected chi connectivity index (χ1v) is 12.0. The SMILES string of the molecule is O=C(COc1cccc(-c2cc(=NC3CC3)n3nc/c(=C\c4[nH]c(=O)[nH]c4O)c3n2)c1)N1CCCC1. The molecule has 11 nitrogen and oxygen atoms in total. The lowest BCUT2D eigenvalue weighted by molar-refractivity contribution is -0.132. The molecule has 1 amide bonds. The Bertz CT molecular complexity index is 1620. The number of aromatic hydroxyl groups is 1. The molecule has 1 saturated carbocycles. The molecule has 3 N–H and O–H groups in total. The standard InChI is InChI=1S/C25H25N7O4/c33-22(31-8-1-2-9-31)14-36-18-5-3-4-15(10-18)19-12-21(27-17-6-7-17)32-23(28-19)16(13-26-32)11-20-24(34)30-25(35)29-20/h3-5,10-13,17,34H,1-2,6-9,14H2,(H2,29,30,35)/b16-11+,27-21?. The third kappa shape index (κ3) is 4.47. The Hall–Kier alpha value is -4.41. The topological polar surface area (TPSA) is 141 Å². The van der Waals surface area contributed by atoms with E-state index >= 15 is 0 Å².